The number of benzene rings is 3. The molecule has 168 valence electrons. The molecule has 8 nitrogen and oxygen atoms in total. The van der Waals surface area contributed by atoms with Gasteiger partial charge in [0, 0.05) is 11.8 Å². The van der Waals surface area contributed by atoms with E-state index in [1.807, 2.05) is 37.3 Å². The summed E-state index contributed by atoms with van der Waals surface area (Å²) < 4.78 is 40.3. The Hall–Kier alpha value is -3.85. The Balaban J connectivity index is 1.56. The van der Waals surface area contributed by atoms with Crippen molar-refractivity contribution in [3.8, 4) is 11.5 Å². The van der Waals surface area contributed by atoms with Crippen LogP contribution in [0.15, 0.2) is 65.6 Å². The van der Waals surface area contributed by atoms with Crippen LogP contribution >= 0.6 is 0 Å². The summed E-state index contributed by atoms with van der Waals surface area (Å²) in [4.78, 5) is 9.36. The minimum atomic E-state index is -3.90. The summed E-state index contributed by atoms with van der Waals surface area (Å²) >= 11 is 0. The van der Waals surface area contributed by atoms with E-state index < -0.39 is 10.0 Å². The highest BCUT2D eigenvalue weighted by Gasteiger charge is 2.21. The van der Waals surface area contributed by atoms with Crippen molar-refractivity contribution in [2.75, 3.05) is 23.3 Å². The summed E-state index contributed by atoms with van der Waals surface area (Å²) in [6.45, 7) is 4.65. The molecule has 0 fully saturated rings. The standard InChI is InChI=1S/C24H22N4O4S/c1-15-7-10-22(16(2)13-15)33(29,30)28-24-23(26-18-5-3-4-6-19(18)27-24)25-17-8-9-20-21(14-17)32-12-11-31-20/h3-10,13-14H,11-12H2,1-2H3,(H,25,26)(H,27,28). The van der Waals surface area contributed by atoms with Crippen LogP contribution in [0.1, 0.15) is 11.1 Å². The zero-order chi connectivity index (χ0) is 23.0. The Morgan fingerprint density at radius 3 is 2.24 bits per heavy atom. The van der Waals surface area contributed by atoms with Crippen molar-refractivity contribution in [3.63, 3.8) is 0 Å². The maximum atomic E-state index is 13.2. The highest BCUT2D eigenvalue weighted by atomic mass is 32.2. The molecule has 0 unspecified atom stereocenters. The second-order valence-corrected chi connectivity index (χ2v) is 9.42. The van der Waals surface area contributed by atoms with E-state index in [-0.39, 0.29) is 16.5 Å². The summed E-state index contributed by atoms with van der Waals surface area (Å²) in [6.07, 6.45) is 0. The molecule has 33 heavy (non-hydrogen) atoms. The summed E-state index contributed by atoms with van der Waals surface area (Å²) in [5, 5.41) is 3.18. The maximum absolute atomic E-state index is 13.2. The first kappa shape index (κ1) is 21.0. The molecule has 1 aliphatic heterocycles. The van der Waals surface area contributed by atoms with E-state index in [0.717, 1.165) is 5.56 Å². The third-order valence-electron chi connectivity index (χ3n) is 5.23. The predicted molar refractivity (Wildman–Crippen MR) is 127 cm³/mol. The molecule has 0 amide bonds. The van der Waals surface area contributed by atoms with Gasteiger partial charge in [0.2, 0.25) is 0 Å². The van der Waals surface area contributed by atoms with Crippen LogP contribution in [0.2, 0.25) is 0 Å². The van der Waals surface area contributed by atoms with Crippen LogP contribution in [0.25, 0.3) is 11.0 Å². The van der Waals surface area contributed by atoms with Crippen molar-refractivity contribution in [1.82, 2.24) is 9.97 Å². The van der Waals surface area contributed by atoms with E-state index in [1.165, 1.54) is 0 Å². The number of anilines is 3. The fraction of sp³-hybridized carbons (Fsp3) is 0.167. The first-order valence-electron chi connectivity index (χ1n) is 10.4. The zero-order valence-corrected chi connectivity index (χ0v) is 18.9. The van der Waals surface area contributed by atoms with Gasteiger partial charge in [0.05, 0.1) is 15.9 Å². The molecule has 0 atom stereocenters. The van der Waals surface area contributed by atoms with Crippen molar-refractivity contribution in [1.29, 1.82) is 0 Å². The molecule has 2 heterocycles. The molecule has 0 saturated heterocycles. The van der Waals surface area contributed by atoms with Gasteiger partial charge >= 0.3 is 0 Å². The Bertz CT molecular complexity index is 1470. The van der Waals surface area contributed by atoms with Crippen LogP contribution in [0.4, 0.5) is 17.3 Å². The van der Waals surface area contributed by atoms with Gasteiger partial charge < -0.3 is 14.8 Å². The molecule has 2 N–H and O–H groups in total. The first-order chi connectivity index (χ1) is 15.9. The van der Waals surface area contributed by atoms with Gasteiger partial charge in [-0.2, -0.15) is 0 Å². The topological polar surface area (TPSA) is 102 Å². The lowest BCUT2D eigenvalue weighted by molar-refractivity contribution is 0.171. The van der Waals surface area contributed by atoms with Crippen molar-refractivity contribution in [3.05, 3.63) is 71.8 Å². The number of hydrogen-bond acceptors (Lipinski definition) is 7. The van der Waals surface area contributed by atoms with Crippen LogP contribution in [0.3, 0.4) is 0 Å². The maximum Gasteiger partial charge on any atom is 0.263 e. The number of rotatable bonds is 5. The van der Waals surface area contributed by atoms with E-state index >= 15 is 0 Å². The van der Waals surface area contributed by atoms with Crippen molar-refractivity contribution < 1.29 is 17.9 Å². The SMILES string of the molecule is Cc1ccc(S(=O)(=O)Nc2nc3ccccc3nc2Nc2ccc3c(c2)OCCO3)c(C)c1. The van der Waals surface area contributed by atoms with Crippen molar-refractivity contribution in [2.24, 2.45) is 0 Å². The van der Waals surface area contributed by atoms with Crippen LogP contribution in [0, 0.1) is 13.8 Å². The molecule has 1 aromatic heterocycles. The fourth-order valence-corrected chi connectivity index (χ4v) is 4.94. The number of aromatic nitrogens is 2. The van der Waals surface area contributed by atoms with Crippen LogP contribution in [-0.4, -0.2) is 31.6 Å². The molecule has 0 aliphatic carbocycles. The molecule has 5 rings (SSSR count). The second-order valence-electron chi connectivity index (χ2n) is 7.77. The molecule has 0 radical (unpaired) electrons. The number of hydrogen-bond donors (Lipinski definition) is 2. The normalized spacial score (nSPS) is 13.0. The Kier molecular flexibility index (Phi) is 5.26. The lowest BCUT2D eigenvalue weighted by Crippen LogP contribution is -2.17. The van der Waals surface area contributed by atoms with E-state index in [0.29, 0.717) is 47.0 Å². The third-order valence-corrected chi connectivity index (χ3v) is 6.73. The lowest BCUT2D eigenvalue weighted by Gasteiger charge is -2.19. The largest absolute Gasteiger partial charge is 0.486 e. The molecule has 1 aliphatic rings. The van der Waals surface area contributed by atoms with Gasteiger partial charge in [-0.3, -0.25) is 4.72 Å². The van der Waals surface area contributed by atoms with Crippen molar-refractivity contribution >= 4 is 38.4 Å². The average molecular weight is 463 g/mol. The summed E-state index contributed by atoms with van der Waals surface area (Å²) in [7, 11) is -3.90. The van der Waals surface area contributed by atoms with E-state index in [2.05, 4.69) is 20.0 Å². The number of sulfonamides is 1. The Morgan fingerprint density at radius 2 is 1.52 bits per heavy atom. The smallest absolute Gasteiger partial charge is 0.263 e. The van der Waals surface area contributed by atoms with Gasteiger partial charge in [-0.25, -0.2) is 18.4 Å². The van der Waals surface area contributed by atoms with Crippen LogP contribution in [-0.2, 0) is 10.0 Å². The Morgan fingerprint density at radius 1 is 0.818 bits per heavy atom. The van der Waals surface area contributed by atoms with E-state index in [4.69, 9.17) is 9.47 Å². The number of ether oxygens (including phenoxy) is 2. The molecule has 3 aromatic carbocycles. The van der Waals surface area contributed by atoms with Gasteiger partial charge in [0.25, 0.3) is 10.0 Å². The molecule has 0 spiro atoms. The number of fused-ring (bicyclic) bond motifs is 2. The van der Waals surface area contributed by atoms with Gasteiger partial charge in [-0.05, 0) is 49.7 Å². The van der Waals surface area contributed by atoms with E-state index in [1.54, 1.807) is 37.3 Å². The minimum absolute atomic E-state index is 0.101. The highest BCUT2D eigenvalue weighted by Crippen LogP contribution is 2.35. The lowest BCUT2D eigenvalue weighted by atomic mass is 10.2. The molecule has 9 heteroatoms. The predicted octanol–water partition coefficient (Wildman–Crippen LogP) is 4.56. The fourth-order valence-electron chi connectivity index (χ4n) is 3.70. The van der Waals surface area contributed by atoms with Gasteiger partial charge in [-0.1, -0.05) is 29.8 Å². The van der Waals surface area contributed by atoms with E-state index in [9.17, 15) is 8.42 Å². The molecule has 4 aromatic rings. The first-order valence-corrected chi connectivity index (χ1v) is 11.9. The zero-order valence-electron chi connectivity index (χ0n) is 18.1. The summed E-state index contributed by atoms with van der Waals surface area (Å²) in [6, 6.07) is 17.9. The molecule has 0 saturated carbocycles. The summed E-state index contributed by atoms with van der Waals surface area (Å²) in [5.74, 6) is 1.65. The highest BCUT2D eigenvalue weighted by molar-refractivity contribution is 7.92. The molecule has 0 bridgehead atoms. The Labute approximate surface area is 191 Å². The number of nitrogens with zero attached hydrogens (tertiary/aromatic N) is 2. The average Bonchev–Trinajstić information content (AvgIpc) is 2.79. The quantitative estimate of drug-likeness (QED) is 0.448. The second kappa shape index (κ2) is 8.25. The molecular weight excluding hydrogens is 440 g/mol. The van der Waals surface area contributed by atoms with Crippen LogP contribution < -0.4 is 19.5 Å². The van der Waals surface area contributed by atoms with Gasteiger partial charge in [0.15, 0.2) is 23.1 Å². The number of aryl methyl sites for hydroxylation is 2. The van der Waals surface area contributed by atoms with Crippen LogP contribution in [0.5, 0.6) is 11.5 Å². The number of nitrogens with one attached hydrogen (secondary N) is 2. The number of para-hydroxylation sites is 2. The van der Waals surface area contributed by atoms with Gasteiger partial charge in [0.1, 0.15) is 13.2 Å². The third kappa shape index (κ3) is 4.27. The van der Waals surface area contributed by atoms with Crippen molar-refractivity contribution in [2.45, 2.75) is 18.7 Å². The molecular formula is C24H22N4O4S. The van der Waals surface area contributed by atoms with Gasteiger partial charge in [-0.15, -0.1) is 0 Å². The monoisotopic (exact) mass is 462 g/mol. The minimum Gasteiger partial charge on any atom is -0.486 e. The summed E-state index contributed by atoms with van der Waals surface area (Å²) in [5.41, 5.74) is 3.50.